The second kappa shape index (κ2) is 10.1. The van der Waals surface area contributed by atoms with E-state index in [1.165, 1.54) is 19.2 Å². The lowest BCUT2D eigenvalue weighted by molar-refractivity contribution is 0.0734. The summed E-state index contributed by atoms with van der Waals surface area (Å²) in [6.45, 7) is 1.07. The number of sulfonamides is 1. The molecule has 0 unspecified atom stereocenters. The summed E-state index contributed by atoms with van der Waals surface area (Å²) < 4.78 is 42.8. The highest BCUT2D eigenvalue weighted by molar-refractivity contribution is 7.89. The summed E-state index contributed by atoms with van der Waals surface area (Å²) >= 11 is 0. The minimum absolute atomic E-state index is 0.104. The second-order valence-corrected chi connectivity index (χ2v) is 8.95. The molecule has 0 spiro atoms. The van der Waals surface area contributed by atoms with Crippen molar-refractivity contribution in [1.29, 1.82) is 0 Å². The minimum atomic E-state index is -3.65. The first-order valence-electron chi connectivity index (χ1n) is 10.0. The summed E-state index contributed by atoms with van der Waals surface area (Å²) in [5.41, 5.74) is 1.33. The van der Waals surface area contributed by atoms with Gasteiger partial charge in [0, 0.05) is 31.3 Å². The van der Waals surface area contributed by atoms with Gasteiger partial charge >= 0.3 is 0 Å². The van der Waals surface area contributed by atoms with Crippen molar-refractivity contribution >= 4 is 15.9 Å². The topological polar surface area (TPSA) is 94.2 Å². The van der Waals surface area contributed by atoms with Gasteiger partial charge in [-0.1, -0.05) is 0 Å². The van der Waals surface area contributed by atoms with E-state index in [-0.39, 0.29) is 30.0 Å². The van der Waals surface area contributed by atoms with Gasteiger partial charge in [-0.15, -0.1) is 0 Å². The van der Waals surface area contributed by atoms with Gasteiger partial charge in [-0.2, -0.15) is 0 Å². The third-order valence-electron chi connectivity index (χ3n) is 5.32. The number of methoxy groups -OCH3 is 3. The van der Waals surface area contributed by atoms with Gasteiger partial charge in [0.2, 0.25) is 10.0 Å². The number of likely N-dealkylation sites (tertiary alicyclic amines) is 1. The van der Waals surface area contributed by atoms with Crippen molar-refractivity contribution in [1.82, 2.24) is 9.62 Å². The van der Waals surface area contributed by atoms with Gasteiger partial charge in [-0.05, 0) is 55.3 Å². The molecular weight excluding hydrogens is 420 g/mol. The van der Waals surface area contributed by atoms with E-state index in [9.17, 15) is 13.2 Å². The van der Waals surface area contributed by atoms with Crippen LogP contribution in [-0.2, 0) is 14.8 Å². The molecule has 168 valence electrons. The monoisotopic (exact) mass is 448 g/mol. The van der Waals surface area contributed by atoms with E-state index in [0.717, 1.165) is 18.4 Å². The smallest absolute Gasteiger partial charge is 0.254 e. The summed E-state index contributed by atoms with van der Waals surface area (Å²) in [6, 6.07) is 11.4. The molecule has 1 fully saturated rings. The van der Waals surface area contributed by atoms with Crippen LogP contribution in [0.2, 0.25) is 0 Å². The molecule has 1 aliphatic rings. The molecule has 0 aromatic heterocycles. The predicted molar refractivity (Wildman–Crippen MR) is 116 cm³/mol. The van der Waals surface area contributed by atoms with E-state index in [2.05, 4.69) is 4.72 Å². The van der Waals surface area contributed by atoms with Crippen LogP contribution in [0.5, 0.6) is 11.5 Å². The minimum Gasteiger partial charge on any atom is -0.497 e. The quantitative estimate of drug-likeness (QED) is 0.593. The molecule has 1 N–H and O–H groups in total. The maximum absolute atomic E-state index is 13.2. The third kappa shape index (κ3) is 5.17. The van der Waals surface area contributed by atoms with Gasteiger partial charge in [0.25, 0.3) is 5.91 Å². The maximum atomic E-state index is 13.2. The van der Waals surface area contributed by atoms with Gasteiger partial charge in [-0.3, -0.25) is 4.79 Å². The van der Waals surface area contributed by atoms with Gasteiger partial charge in [-0.25, -0.2) is 13.1 Å². The fourth-order valence-electron chi connectivity index (χ4n) is 3.74. The number of rotatable bonds is 9. The highest BCUT2D eigenvalue weighted by Gasteiger charge is 2.33. The Labute approximate surface area is 183 Å². The number of carbonyl (C=O) groups excluding carboxylic acids is 1. The van der Waals surface area contributed by atoms with Gasteiger partial charge in [0.15, 0.2) is 0 Å². The molecule has 2 aromatic carbocycles. The number of hydrogen-bond donors (Lipinski definition) is 1. The van der Waals surface area contributed by atoms with E-state index >= 15 is 0 Å². The van der Waals surface area contributed by atoms with Gasteiger partial charge < -0.3 is 19.1 Å². The number of amides is 1. The van der Waals surface area contributed by atoms with Crippen molar-refractivity contribution in [3.05, 3.63) is 53.6 Å². The summed E-state index contributed by atoms with van der Waals surface area (Å²) in [5, 5.41) is 0. The van der Waals surface area contributed by atoms with Crippen LogP contribution < -0.4 is 14.2 Å². The maximum Gasteiger partial charge on any atom is 0.254 e. The number of ether oxygens (including phenoxy) is 3. The van der Waals surface area contributed by atoms with Crippen molar-refractivity contribution in [2.45, 2.75) is 23.8 Å². The Bertz CT molecular complexity index is 1010. The first kappa shape index (κ1) is 23.1. The zero-order valence-corrected chi connectivity index (χ0v) is 18.8. The SMILES string of the molecule is COCCNS(=O)(=O)c1ccc(C(=O)N2CCC[C@@H]2c2cc(OC)ccc2OC)cc1. The Morgan fingerprint density at radius 1 is 1.10 bits per heavy atom. The summed E-state index contributed by atoms with van der Waals surface area (Å²) in [4.78, 5) is 15.1. The Morgan fingerprint density at radius 2 is 1.84 bits per heavy atom. The highest BCUT2D eigenvalue weighted by Crippen LogP contribution is 2.39. The first-order valence-corrected chi connectivity index (χ1v) is 11.5. The molecule has 3 rings (SSSR count). The molecule has 0 radical (unpaired) electrons. The van der Waals surface area contributed by atoms with E-state index < -0.39 is 10.0 Å². The van der Waals surface area contributed by atoms with Crippen LogP contribution in [0, 0.1) is 0 Å². The molecular formula is C22H28N2O6S. The van der Waals surface area contributed by atoms with E-state index in [0.29, 0.717) is 23.6 Å². The number of nitrogens with one attached hydrogen (secondary N) is 1. The molecule has 2 aromatic rings. The van der Waals surface area contributed by atoms with E-state index in [1.54, 1.807) is 31.3 Å². The fraction of sp³-hybridized carbons (Fsp3) is 0.409. The Balaban J connectivity index is 1.81. The van der Waals surface area contributed by atoms with Crippen molar-refractivity contribution in [3.8, 4) is 11.5 Å². The van der Waals surface area contributed by atoms with Crippen molar-refractivity contribution < 1.29 is 27.4 Å². The Hall–Kier alpha value is -2.62. The number of hydrogen-bond acceptors (Lipinski definition) is 6. The standard InChI is InChI=1S/C22H28N2O6S/c1-28-14-12-23-31(26,27)18-9-6-16(7-10-18)22(25)24-13-4-5-20(24)19-15-17(29-2)8-11-21(19)30-3/h6-11,15,20,23H,4-5,12-14H2,1-3H3/t20-/m1/s1. The molecule has 8 nitrogen and oxygen atoms in total. The largest absolute Gasteiger partial charge is 0.497 e. The lowest BCUT2D eigenvalue weighted by atomic mass is 10.0. The normalized spacial score (nSPS) is 16.4. The van der Waals surface area contributed by atoms with Crippen LogP contribution in [0.1, 0.15) is 34.8 Å². The molecule has 1 aliphatic heterocycles. The van der Waals surface area contributed by atoms with Crippen LogP contribution in [0.3, 0.4) is 0 Å². The van der Waals surface area contributed by atoms with E-state index in [1.807, 2.05) is 18.2 Å². The molecule has 1 amide bonds. The van der Waals surface area contributed by atoms with Crippen LogP contribution >= 0.6 is 0 Å². The zero-order valence-electron chi connectivity index (χ0n) is 18.0. The van der Waals surface area contributed by atoms with Crippen molar-refractivity contribution in [2.75, 3.05) is 41.0 Å². The Kier molecular flexibility index (Phi) is 7.53. The van der Waals surface area contributed by atoms with Gasteiger partial charge in [0.05, 0.1) is 31.8 Å². The van der Waals surface area contributed by atoms with Crippen LogP contribution in [-0.4, -0.2) is 60.3 Å². The fourth-order valence-corrected chi connectivity index (χ4v) is 4.75. The Morgan fingerprint density at radius 3 is 2.48 bits per heavy atom. The zero-order chi connectivity index (χ0) is 22.4. The first-order chi connectivity index (χ1) is 14.9. The average Bonchev–Trinajstić information content (AvgIpc) is 3.28. The molecule has 0 bridgehead atoms. The summed E-state index contributed by atoms with van der Waals surface area (Å²) in [6.07, 6.45) is 1.68. The van der Waals surface area contributed by atoms with Crippen molar-refractivity contribution in [3.63, 3.8) is 0 Å². The number of nitrogens with zero attached hydrogens (tertiary/aromatic N) is 1. The van der Waals surface area contributed by atoms with E-state index in [4.69, 9.17) is 14.2 Å². The van der Waals surface area contributed by atoms with Crippen LogP contribution in [0.25, 0.3) is 0 Å². The molecule has 0 saturated carbocycles. The lowest BCUT2D eigenvalue weighted by Crippen LogP contribution is -2.31. The highest BCUT2D eigenvalue weighted by atomic mass is 32.2. The number of carbonyl (C=O) groups is 1. The van der Waals surface area contributed by atoms with Crippen molar-refractivity contribution in [2.24, 2.45) is 0 Å². The molecule has 1 heterocycles. The average molecular weight is 449 g/mol. The molecule has 0 aliphatic carbocycles. The lowest BCUT2D eigenvalue weighted by Gasteiger charge is -2.27. The molecule has 31 heavy (non-hydrogen) atoms. The molecule has 1 saturated heterocycles. The van der Waals surface area contributed by atoms with Crippen LogP contribution in [0.15, 0.2) is 47.4 Å². The summed E-state index contributed by atoms with van der Waals surface area (Å²) in [7, 11) is 1.06. The number of benzene rings is 2. The predicted octanol–water partition coefficient (Wildman–Crippen LogP) is 2.61. The molecule has 9 heteroatoms. The molecule has 1 atom stereocenters. The summed E-state index contributed by atoms with van der Waals surface area (Å²) in [5.74, 6) is 1.25. The third-order valence-corrected chi connectivity index (χ3v) is 6.80. The van der Waals surface area contributed by atoms with Gasteiger partial charge in [0.1, 0.15) is 11.5 Å². The second-order valence-electron chi connectivity index (χ2n) is 7.18. The van der Waals surface area contributed by atoms with Crippen LogP contribution in [0.4, 0.5) is 0 Å².